The molecule has 1 amide bonds. The van der Waals surface area contributed by atoms with E-state index in [-0.39, 0.29) is 17.6 Å². The predicted molar refractivity (Wildman–Crippen MR) is 102 cm³/mol. The van der Waals surface area contributed by atoms with Gasteiger partial charge in [0.2, 0.25) is 10.3 Å². The molecule has 0 fully saturated rings. The minimum absolute atomic E-state index is 0.156. The van der Waals surface area contributed by atoms with Gasteiger partial charge in [-0.15, -0.1) is 11.3 Å². The van der Waals surface area contributed by atoms with Crippen LogP contribution >= 0.6 is 35.3 Å². The molecule has 1 heterocycles. The van der Waals surface area contributed by atoms with Gasteiger partial charge in [0.1, 0.15) is 5.00 Å². The molecular weight excluding hydrogens is 366 g/mol. The van der Waals surface area contributed by atoms with Gasteiger partial charge < -0.3 is 14.8 Å². The molecule has 5 nitrogen and oxygen atoms in total. The van der Waals surface area contributed by atoms with Crippen molar-refractivity contribution < 1.29 is 19.1 Å². The number of thiocarbonyl (C=S) groups is 1. The summed E-state index contributed by atoms with van der Waals surface area (Å²) in [4.78, 5) is 25.7. The third-order valence-electron chi connectivity index (χ3n) is 3.49. The quantitative estimate of drug-likeness (QED) is 0.592. The van der Waals surface area contributed by atoms with Crippen molar-refractivity contribution in [3.05, 3.63) is 16.0 Å². The van der Waals surface area contributed by atoms with Crippen molar-refractivity contribution in [2.75, 3.05) is 24.3 Å². The van der Waals surface area contributed by atoms with Crippen molar-refractivity contribution in [1.82, 2.24) is 0 Å². The summed E-state index contributed by atoms with van der Waals surface area (Å²) in [6.07, 6.45) is 3.98. The number of hydrogen-bond acceptors (Lipinski definition) is 7. The van der Waals surface area contributed by atoms with Crippen molar-refractivity contribution in [3.63, 3.8) is 0 Å². The summed E-state index contributed by atoms with van der Waals surface area (Å²) >= 11 is 7.65. The Kier molecular flexibility index (Phi) is 7.51. The zero-order valence-corrected chi connectivity index (χ0v) is 16.3. The maximum absolute atomic E-state index is 12.3. The number of carbonyl (C=O) groups excluding carboxylic acids is 2. The molecule has 0 saturated heterocycles. The Bertz CT molecular complexity index is 627. The molecule has 24 heavy (non-hydrogen) atoms. The van der Waals surface area contributed by atoms with E-state index in [4.69, 9.17) is 21.7 Å². The van der Waals surface area contributed by atoms with Crippen LogP contribution < -0.4 is 5.32 Å². The van der Waals surface area contributed by atoms with E-state index in [9.17, 15) is 9.59 Å². The van der Waals surface area contributed by atoms with Crippen LogP contribution in [0.3, 0.4) is 0 Å². The number of rotatable bonds is 6. The highest BCUT2D eigenvalue weighted by Crippen LogP contribution is 2.38. The van der Waals surface area contributed by atoms with Crippen LogP contribution in [0.15, 0.2) is 0 Å². The first-order valence-electron chi connectivity index (χ1n) is 7.97. The van der Waals surface area contributed by atoms with Crippen LogP contribution in [-0.2, 0) is 27.1 Å². The van der Waals surface area contributed by atoms with E-state index in [1.54, 1.807) is 6.92 Å². The van der Waals surface area contributed by atoms with E-state index in [0.29, 0.717) is 28.2 Å². The maximum atomic E-state index is 12.3. The lowest BCUT2D eigenvalue weighted by Gasteiger charge is -2.12. The van der Waals surface area contributed by atoms with Crippen LogP contribution in [0.1, 0.15) is 47.5 Å². The molecule has 0 bridgehead atoms. The molecule has 0 saturated carbocycles. The Morgan fingerprint density at radius 2 is 1.92 bits per heavy atom. The van der Waals surface area contributed by atoms with Gasteiger partial charge in [0.15, 0.2) is 0 Å². The average molecular weight is 388 g/mol. The van der Waals surface area contributed by atoms with Crippen molar-refractivity contribution in [1.29, 1.82) is 0 Å². The van der Waals surface area contributed by atoms with Crippen LogP contribution in [0.25, 0.3) is 0 Å². The number of thioether (sulfide) groups is 1. The Balaban J connectivity index is 2.11. The summed E-state index contributed by atoms with van der Waals surface area (Å²) in [7, 11) is 0. The van der Waals surface area contributed by atoms with Gasteiger partial charge in [-0.25, -0.2) is 4.79 Å². The van der Waals surface area contributed by atoms with Crippen molar-refractivity contribution in [3.8, 4) is 0 Å². The van der Waals surface area contributed by atoms with Gasteiger partial charge in [0.25, 0.3) is 0 Å². The fraction of sp³-hybridized carbons (Fsp3) is 0.562. The third kappa shape index (κ3) is 4.94. The number of esters is 1. The highest BCUT2D eigenvalue weighted by Gasteiger charge is 2.27. The molecule has 0 aliphatic heterocycles. The predicted octanol–water partition coefficient (Wildman–Crippen LogP) is 3.80. The molecule has 1 aromatic heterocycles. The third-order valence-corrected chi connectivity index (χ3v) is 5.93. The van der Waals surface area contributed by atoms with Gasteiger partial charge >= 0.3 is 5.97 Å². The van der Waals surface area contributed by atoms with Gasteiger partial charge in [-0.1, -0.05) is 11.8 Å². The topological polar surface area (TPSA) is 64.6 Å². The van der Waals surface area contributed by atoms with E-state index in [1.807, 2.05) is 6.92 Å². The lowest BCUT2D eigenvalue weighted by Crippen LogP contribution is -2.18. The summed E-state index contributed by atoms with van der Waals surface area (Å²) in [5, 5.41) is 3.44. The smallest absolute Gasteiger partial charge is 0.341 e. The number of nitrogens with one attached hydrogen (secondary N) is 1. The minimum atomic E-state index is -0.357. The first-order chi connectivity index (χ1) is 11.6. The molecule has 1 N–H and O–H groups in total. The number of fused-ring (bicyclic) bond motifs is 1. The molecule has 1 aliphatic rings. The molecule has 1 aromatic rings. The van der Waals surface area contributed by atoms with Gasteiger partial charge in [-0.2, -0.15) is 0 Å². The molecule has 0 atom stereocenters. The lowest BCUT2D eigenvalue weighted by molar-refractivity contribution is -0.113. The van der Waals surface area contributed by atoms with Crippen LogP contribution in [0.5, 0.6) is 0 Å². The van der Waals surface area contributed by atoms with Crippen molar-refractivity contribution in [2.24, 2.45) is 0 Å². The summed E-state index contributed by atoms with van der Waals surface area (Å²) in [6, 6.07) is 0. The summed E-state index contributed by atoms with van der Waals surface area (Å²) in [5.41, 5.74) is 1.57. The number of hydrogen-bond donors (Lipinski definition) is 1. The van der Waals surface area contributed by atoms with E-state index in [0.717, 1.165) is 31.2 Å². The number of thiophene rings is 1. The normalized spacial score (nSPS) is 13.1. The second-order valence-electron chi connectivity index (χ2n) is 5.16. The molecule has 0 spiro atoms. The van der Waals surface area contributed by atoms with Crippen LogP contribution in [-0.4, -0.2) is 35.2 Å². The van der Waals surface area contributed by atoms with Gasteiger partial charge in [0, 0.05) is 4.88 Å². The van der Waals surface area contributed by atoms with E-state index in [2.05, 4.69) is 5.32 Å². The van der Waals surface area contributed by atoms with Crippen LogP contribution in [0.4, 0.5) is 5.00 Å². The number of aryl methyl sites for hydroxylation is 1. The minimum Gasteiger partial charge on any atom is -0.479 e. The maximum Gasteiger partial charge on any atom is 0.341 e. The number of amides is 1. The van der Waals surface area contributed by atoms with E-state index < -0.39 is 0 Å². The van der Waals surface area contributed by atoms with E-state index >= 15 is 0 Å². The molecule has 0 aromatic carbocycles. The lowest BCUT2D eigenvalue weighted by atomic mass is 9.95. The highest BCUT2D eigenvalue weighted by molar-refractivity contribution is 8.23. The molecule has 8 heteroatoms. The van der Waals surface area contributed by atoms with Gasteiger partial charge in [-0.3, -0.25) is 4.79 Å². The van der Waals surface area contributed by atoms with E-state index in [1.165, 1.54) is 28.0 Å². The molecule has 0 radical (unpaired) electrons. The molecular formula is C16H21NO4S3. The average Bonchev–Trinajstić information content (AvgIpc) is 2.91. The largest absolute Gasteiger partial charge is 0.479 e. The standard InChI is InChI=1S/C16H21NO4S3/c1-3-20-15(19)13-10-7-5-6-8-11(10)24-14(13)17-12(18)9-23-16(22)21-4-2/h3-9H2,1-2H3,(H,17,18). The van der Waals surface area contributed by atoms with Gasteiger partial charge in [0.05, 0.1) is 24.5 Å². The Hall–Kier alpha value is -1.12. The fourth-order valence-corrected chi connectivity index (χ4v) is 4.63. The van der Waals surface area contributed by atoms with Crippen molar-refractivity contribution >= 4 is 56.6 Å². The first kappa shape index (κ1) is 19.2. The van der Waals surface area contributed by atoms with Crippen molar-refractivity contribution in [2.45, 2.75) is 39.5 Å². The molecule has 1 aliphatic carbocycles. The number of anilines is 1. The summed E-state index contributed by atoms with van der Waals surface area (Å²) < 4.78 is 10.7. The molecule has 2 rings (SSSR count). The molecule has 132 valence electrons. The highest BCUT2D eigenvalue weighted by atomic mass is 32.2. The Labute approximate surface area is 155 Å². The summed E-state index contributed by atoms with van der Waals surface area (Å²) in [6.45, 7) is 4.42. The number of carbonyl (C=O) groups is 2. The zero-order chi connectivity index (χ0) is 17.5. The second kappa shape index (κ2) is 9.39. The monoisotopic (exact) mass is 387 g/mol. The second-order valence-corrected chi connectivity index (χ2v) is 7.84. The zero-order valence-electron chi connectivity index (χ0n) is 13.8. The Morgan fingerprint density at radius 1 is 1.21 bits per heavy atom. The summed E-state index contributed by atoms with van der Waals surface area (Å²) in [5.74, 6) is -0.403. The number of ether oxygens (including phenoxy) is 2. The SMILES string of the molecule is CCOC(=O)c1c(NC(=O)CSC(=S)OCC)sc2c1CCCC2. The van der Waals surface area contributed by atoms with Crippen LogP contribution in [0.2, 0.25) is 0 Å². The van der Waals surface area contributed by atoms with Gasteiger partial charge in [-0.05, 0) is 57.3 Å². The Morgan fingerprint density at radius 3 is 2.62 bits per heavy atom. The fourth-order valence-electron chi connectivity index (χ4n) is 2.52. The molecule has 0 unspecified atom stereocenters. The van der Waals surface area contributed by atoms with Crippen LogP contribution in [0, 0.1) is 0 Å². The first-order valence-corrected chi connectivity index (χ1v) is 10.2.